The molecule has 1 spiro atoms. The molecule has 1 aromatic carbocycles. The summed E-state index contributed by atoms with van der Waals surface area (Å²) in [4.78, 5) is 29.0. The summed E-state index contributed by atoms with van der Waals surface area (Å²) in [5, 5.41) is 23.9. The van der Waals surface area contributed by atoms with Crippen molar-refractivity contribution in [3.63, 3.8) is 0 Å². The Morgan fingerprint density at radius 3 is 2.60 bits per heavy atom. The molecule has 2 aliphatic heterocycles. The number of carbonyl (C=O) groups excluding carboxylic acids is 2. The van der Waals surface area contributed by atoms with Crippen LogP contribution < -0.4 is 5.32 Å². The molecule has 0 bridgehead atoms. The first-order valence-corrected chi connectivity index (χ1v) is 13.1. The number of aliphatic hydroxyl groups excluding tert-OH is 2. The second-order valence-corrected chi connectivity index (χ2v) is 11.8. The summed E-state index contributed by atoms with van der Waals surface area (Å²) in [5.41, 5.74) is -1.34. The van der Waals surface area contributed by atoms with Gasteiger partial charge in [0.05, 0.1) is 16.9 Å². The fourth-order valence-corrected chi connectivity index (χ4v) is 5.95. The van der Waals surface area contributed by atoms with Crippen LogP contribution in [-0.2, 0) is 26.0 Å². The Kier molecular flexibility index (Phi) is 6.17. The van der Waals surface area contributed by atoms with Gasteiger partial charge in [-0.3, -0.25) is 9.59 Å². The second kappa shape index (κ2) is 8.59. The molecule has 1 aliphatic carbocycles. The number of amides is 2. The Labute approximate surface area is 201 Å². The third-order valence-corrected chi connectivity index (χ3v) is 7.74. The Balaban J connectivity index is 1.66. The number of aliphatic hydroxyl groups is 2. The van der Waals surface area contributed by atoms with Crippen LogP contribution in [0, 0.1) is 17.6 Å². The lowest BCUT2D eigenvalue weighted by atomic mass is 9.95. The standard InChI is InChI=1S/C23H27F2N3O6S/c1-12(2)27-11-23(7-14(23)10-35(3,33)34)28-9-16(19(29)20(30)18(28)22(27)32)21(31)26-8-13-4-5-15(24)6-17(13)25/h4-6,9,12,14,19,29-30H,7-8,10-11H2,1-3H3,(H,26,31). The molecular weight excluding hydrogens is 484 g/mol. The lowest BCUT2D eigenvalue weighted by molar-refractivity contribution is -0.136. The zero-order valence-corrected chi connectivity index (χ0v) is 20.3. The minimum atomic E-state index is -3.35. The predicted molar refractivity (Wildman–Crippen MR) is 121 cm³/mol. The number of sulfone groups is 1. The van der Waals surface area contributed by atoms with E-state index in [0.29, 0.717) is 12.5 Å². The predicted octanol–water partition coefficient (Wildman–Crippen LogP) is 0.965. The first-order valence-electron chi connectivity index (χ1n) is 11.1. The highest BCUT2D eigenvalue weighted by atomic mass is 32.2. The summed E-state index contributed by atoms with van der Waals surface area (Å²) >= 11 is 0. The van der Waals surface area contributed by atoms with Gasteiger partial charge in [0.1, 0.15) is 33.3 Å². The van der Waals surface area contributed by atoms with Crippen LogP contribution in [0.1, 0.15) is 25.8 Å². The lowest BCUT2D eigenvalue weighted by Crippen LogP contribution is -2.59. The van der Waals surface area contributed by atoms with Crippen molar-refractivity contribution in [2.75, 3.05) is 18.6 Å². The molecule has 2 fully saturated rings. The quantitative estimate of drug-likeness (QED) is 0.519. The van der Waals surface area contributed by atoms with Crippen LogP contribution in [-0.4, -0.2) is 76.5 Å². The summed E-state index contributed by atoms with van der Waals surface area (Å²) in [5.74, 6) is -4.22. The zero-order chi connectivity index (χ0) is 25.9. The van der Waals surface area contributed by atoms with Gasteiger partial charge in [0.25, 0.3) is 11.8 Å². The highest BCUT2D eigenvalue weighted by Crippen LogP contribution is 2.55. The van der Waals surface area contributed by atoms with Crippen LogP contribution in [0.4, 0.5) is 8.78 Å². The maximum absolute atomic E-state index is 13.9. The largest absolute Gasteiger partial charge is 0.507 e. The number of piperazine rings is 1. The SMILES string of the molecule is CC(C)N1CC2(CC2CS(C)(=O)=O)N2C=C(C(=O)NCc3ccc(F)cc3F)C(O)C(O)=C2C1=O. The summed E-state index contributed by atoms with van der Waals surface area (Å²) in [7, 11) is -3.35. The Morgan fingerprint density at radius 2 is 2.00 bits per heavy atom. The van der Waals surface area contributed by atoms with Gasteiger partial charge in [0.15, 0.2) is 5.76 Å². The summed E-state index contributed by atoms with van der Waals surface area (Å²) in [6.45, 7) is 3.45. The number of nitrogens with one attached hydrogen (secondary N) is 1. The van der Waals surface area contributed by atoms with Crippen molar-refractivity contribution in [2.45, 2.75) is 44.5 Å². The molecule has 3 atom stereocenters. The number of halogens is 2. The number of fused-ring (bicyclic) bond motifs is 2. The molecule has 1 saturated heterocycles. The van der Waals surface area contributed by atoms with Crippen molar-refractivity contribution in [1.82, 2.24) is 15.1 Å². The van der Waals surface area contributed by atoms with Gasteiger partial charge in [-0.2, -0.15) is 0 Å². The van der Waals surface area contributed by atoms with Crippen molar-refractivity contribution < 1.29 is 37.0 Å². The van der Waals surface area contributed by atoms with Gasteiger partial charge >= 0.3 is 0 Å². The van der Waals surface area contributed by atoms with E-state index >= 15 is 0 Å². The number of hydrogen-bond acceptors (Lipinski definition) is 7. The molecule has 9 nitrogen and oxygen atoms in total. The van der Waals surface area contributed by atoms with Crippen LogP contribution in [0.15, 0.2) is 41.4 Å². The van der Waals surface area contributed by atoms with Crippen LogP contribution in [0.3, 0.4) is 0 Å². The molecule has 1 aromatic rings. The van der Waals surface area contributed by atoms with Crippen LogP contribution >= 0.6 is 0 Å². The first kappa shape index (κ1) is 25.1. The number of nitrogens with zero attached hydrogens (tertiary/aromatic N) is 2. The molecule has 0 aromatic heterocycles. The molecule has 35 heavy (non-hydrogen) atoms. The number of hydrogen-bond donors (Lipinski definition) is 3. The van der Waals surface area contributed by atoms with Crippen molar-refractivity contribution >= 4 is 21.7 Å². The average molecular weight is 512 g/mol. The molecule has 1 saturated carbocycles. The summed E-state index contributed by atoms with van der Waals surface area (Å²) in [6.07, 6.45) is 0.952. The maximum atomic E-state index is 13.9. The molecule has 4 rings (SSSR count). The average Bonchev–Trinajstić information content (AvgIpc) is 3.42. The van der Waals surface area contributed by atoms with E-state index in [1.165, 1.54) is 22.1 Å². The van der Waals surface area contributed by atoms with E-state index in [4.69, 9.17) is 0 Å². The minimum absolute atomic E-state index is 0.0127. The van der Waals surface area contributed by atoms with Gasteiger partial charge in [-0.1, -0.05) is 6.07 Å². The van der Waals surface area contributed by atoms with Gasteiger partial charge < -0.3 is 25.3 Å². The molecule has 2 amide bonds. The fraction of sp³-hybridized carbons (Fsp3) is 0.478. The summed E-state index contributed by atoms with van der Waals surface area (Å²) in [6, 6.07) is 2.64. The molecule has 190 valence electrons. The molecule has 3 unspecified atom stereocenters. The number of carbonyl (C=O) groups is 2. The van der Waals surface area contributed by atoms with E-state index in [0.717, 1.165) is 12.3 Å². The normalized spacial score (nSPS) is 26.3. The Morgan fingerprint density at radius 1 is 1.31 bits per heavy atom. The van der Waals surface area contributed by atoms with Gasteiger partial charge in [-0.05, 0) is 26.3 Å². The van der Waals surface area contributed by atoms with Crippen molar-refractivity contribution in [2.24, 2.45) is 5.92 Å². The van der Waals surface area contributed by atoms with Gasteiger partial charge in [0.2, 0.25) is 0 Å². The van der Waals surface area contributed by atoms with Crippen molar-refractivity contribution in [3.05, 3.63) is 58.6 Å². The third kappa shape index (κ3) is 4.52. The van der Waals surface area contributed by atoms with Crippen LogP contribution in [0.2, 0.25) is 0 Å². The van der Waals surface area contributed by atoms with E-state index in [-0.39, 0.29) is 47.6 Å². The summed E-state index contributed by atoms with van der Waals surface area (Å²) < 4.78 is 51.0. The van der Waals surface area contributed by atoms with E-state index in [1.54, 1.807) is 13.8 Å². The maximum Gasteiger partial charge on any atom is 0.274 e. The highest BCUT2D eigenvalue weighted by Gasteiger charge is 2.65. The lowest BCUT2D eigenvalue weighted by Gasteiger charge is -2.47. The molecule has 12 heteroatoms. The number of rotatable bonds is 6. The molecule has 0 radical (unpaired) electrons. The topological polar surface area (TPSA) is 127 Å². The van der Waals surface area contributed by atoms with E-state index in [2.05, 4.69) is 5.32 Å². The zero-order valence-electron chi connectivity index (χ0n) is 19.5. The Bertz CT molecular complexity index is 1260. The highest BCUT2D eigenvalue weighted by molar-refractivity contribution is 7.90. The number of benzene rings is 1. The monoisotopic (exact) mass is 511 g/mol. The van der Waals surface area contributed by atoms with E-state index in [9.17, 15) is 37.0 Å². The van der Waals surface area contributed by atoms with Crippen molar-refractivity contribution in [3.8, 4) is 0 Å². The molecule has 2 heterocycles. The van der Waals surface area contributed by atoms with Crippen LogP contribution in [0.25, 0.3) is 0 Å². The van der Waals surface area contributed by atoms with Crippen molar-refractivity contribution in [1.29, 1.82) is 0 Å². The second-order valence-electron chi connectivity index (χ2n) is 9.63. The van der Waals surface area contributed by atoms with Gasteiger partial charge in [-0.15, -0.1) is 0 Å². The van der Waals surface area contributed by atoms with E-state index < -0.39 is 50.7 Å². The van der Waals surface area contributed by atoms with Crippen LogP contribution in [0.5, 0.6) is 0 Å². The molecular formula is C23H27F2N3O6S. The van der Waals surface area contributed by atoms with Gasteiger partial charge in [-0.25, -0.2) is 17.2 Å². The first-order chi connectivity index (χ1) is 16.2. The molecule has 3 N–H and O–H groups in total. The smallest absolute Gasteiger partial charge is 0.274 e. The molecule has 3 aliphatic rings. The minimum Gasteiger partial charge on any atom is -0.507 e. The van der Waals surface area contributed by atoms with E-state index in [1.807, 2.05) is 0 Å². The van der Waals surface area contributed by atoms with Gasteiger partial charge in [0, 0.05) is 49.1 Å². The Hall–Kier alpha value is -2.99. The fourth-order valence-electron chi connectivity index (χ4n) is 4.80. The third-order valence-electron chi connectivity index (χ3n) is 6.74.